The average molecular weight is 324 g/mol. The highest BCUT2D eigenvalue weighted by Gasteiger charge is 2.56. The van der Waals surface area contributed by atoms with Gasteiger partial charge in [0, 0.05) is 13.2 Å². The molecule has 3 rings (SSSR count). The summed E-state index contributed by atoms with van der Waals surface area (Å²) in [5.74, 6) is -1.42. The zero-order valence-corrected chi connectivity index (χ0v) is 13.5. The van der Waals surface area contributed by atoms with E-state index in [0.717, 1.165) is 18.5 Å². The highest BCUT2D eigenvalue weighted by Crippen LogP contribution is 2.45. The zero-order valence-electron chi connectivity index (χ0n) is 13.5. The summed E-state index contributed by atoms with van der Waals surface area (Å²) in [7, 11) is 1.67. The maximum atomic E-state index is 12.2. The molecule has 2 saturated heterocycles. The van der Waals surface area contributed by atoms with Crippen molar-refractivity contribution in [3.8, 4) is 0 Å². The Bertz CT molecular complexity index is 545. The van der Waals surface area contributed by atoms with Crippen LogP contribution in [0, 0.1) is 11.8 Å². The Morgan fingerprint density at radius 3 is 2.87 bits per heavy atom. The van der Waals surface area contributed by atoms with Crippen molar-refractivity contribution < 1.29 is 24.5 Å². The number of carboxylic acids is 1. The smallest absolute Gasteiger partial charge is 0.352 e. The molecule has 7 nitrogen and oxygen atoms in total. The third-order valence-corrected chi connectivity index (χ3v) is 5.24. The molecule has 0 bridgehead atoms. The number of fused-ring (bicyclic) bond motifs is 1. The van der Waals surface area contributed by atoms with Crippen LogP contribution >= 0.6 is 0 Å². The fourth-order valence-electron chi connectivity index (χ4n) is 4.28. The van der Waals surface area contributed by atoms with Crippen molar-refractivity contribution in [2.75, 3.05) is 20.3 Å². The quantitative estimate of drug-likeness (QED) is 0.593. The summed E-state index contributed by atoms with van der Waals surface area (Å²) in [6, 6.07) is 0.122. The number of carbonyl (C=O) groups excluding carboxylic acids is 1. The molecule has 0 aromatic heterocycles. The van der Waals surface area contributed by atoms with E-state index in [0.29, 0.717) is 31.4 Å². The lowest BCUT2D eigenvalue weighted by molar-refractivity contribution is -0.161. The first-order valence-electron chi connectivity index (χ1n) is 8.12. The first-order chi connectivity index (χ1) is 10.9. The molecule has 0 spiro atoms. The largest absolute Gasteiger partial charge is 0.477 e. The fraction of sp³-hybridized carbons (Fsp3) is 0.750. The molecule has 0 saturated carbocycles. The topological polar surface area (TPSA) is 99.1 Å². The first kappa shape index (κ1) is 16.4. The van der Waals surface area contributed by atoms with Gasteiger partial charge in [0.15, 0.2) is 0 Å². The monoisotopic (exact) mass is 324 g/mol. The van der Waals surface area contributed by atoms with E-state index in [1.807, 2.05) is 0 Å². The number of carboxylic acid groups (broad SMARTS) is 1. The number of aliphatic hydroxyl groups is 1. The molecule has 3 heterocycles. The van der Waals surface area contributed by atoms with Gasteiger partial charge in [-0.15, -0.1) is 0 Å². The first-order valence-corrected chi connectivity index (χ1v) is 8.12. The van der Waals surface area contributed by atoms with Crippen molar-refractivity contribution in [2.24, 2.45) is 11.8 Å². The number of hydrogen-bond donors (Lipinski definition) is 3. The summed E-state index contributed by atoms with van der Waals surface area (Å²) in [6.45, 7) is 3.08. The van der Waals surface area contributed by atoms with Gasteiger partial charge in [-0.25, -0.2) is 4.79 Å². The van der Waals surface area contributed by atoms with E-state index in [1.165, 1.54) is 4.90 Å². The predicted octanol–water partition coefficient (Wildman–Crippen LogP) is -0.0488. The Morgan fingerprint density at radius 2 is 2.26 bits per heavy atom. The molecule has 3 aliphatic heterocycles. The lowest BCUT2D eigenvalue weighted by atomic mass is 9.82. The van der Waals surface area contributed by atoms with Crippen LogP contribution in [0.3, 0.4) is 0 Å². The minimum absolute atomic E-state index is 0.145. The second-order valence-electron chi connectivity index (χ2n) is 6.87. The van der Waals surface area contributed by atoms with Crippen LogP contribution in [-0.2, 0) is 14.3 Å². The minimum atomic E-state index is -1.04. The maximum Gasteiger partial charge on any atom is 0.352 e. The van der Waals surface area contributed by atoms with Gasteiger partial charge < -0.3 is 25.2 Å². The Hall–Kier alpha value is -1.44. The Balaban J connectivity index is 1.72. The second-order valence-corrected chi connectivity index (χ2v) is 6.87. The second kappa shape index (κ2) is 6.22. The van der Waals surface area contributed by atoms with Crippen LogP contribution in [0.25, 0.3) is 0 Å². The molecule has 1 amide bonds. The molecule has 0 unspecified atom stereocenters. The highest BCUT2D eigenvalue weighted by atomic mass is 16.5. The van der Waals surface area contributed by atoms with Crippen LogP contribution in [0.15, 0.2) is 11.3 Å². The summed E-state index contributed by atoms with van der Waals surface area (Å²) >= 11 is 0. The van der Waals surface area contributed by atoms with Gasteiger partial charge in [-0.3, -0.25) is 4.79 Å². The van der Waals surface area contributed by atoms with E-state index in [2.05, 4.69) is 5.32 Å². The molecular formula is C16H24N2O5. The van der Waals surface area contributed by atoms with E-state index < -0.39 is 18.0 Å². The molecule has 3 N–H and O–H groups in total. The maximum absolute atomic E-state index is 12.2. The van der Waals surface area contributed by atoms with Gasteiger partial charge in [-0.1, -0.05) is 0 Å². The van der Waals surface area contributed by atoms with E-state index in [-0.39, 0.29) is 17.6 Å². The summed E-state index contributed by atoms with van der Waals surface area (Å²) < 4.78 is 5.15. The van der Waals surface area contributed by atoms with Crippen molar-refractivity contribution in [1.29, 1.82) is 0 Å². The summed E-state index contributed by atoms with van der Waals surface area (Å²) in [5, 5.41) is 22.6. The van der Waals surface area contributed by atoms with Gasteiger partial charge >= 0.3 is 5.97 Å². The highest BCUT2D eigenvalue weighted by molar-refractivity contribution is 5.99. The van der Waals surface area contributed by atoms with Gasteiger partial charge in [0.2, 0.25) is 5.91 Å². The number of nitrogens with one attached hydrogen (secondary N) is 1. The molecule has 7 heteroatoms. The molecule has 0 radical (unpaired) electrons. The molecule has 3 aliphatic rings. The fourth-order valence-corrected chi connectivity index (χ4v) is 4.28. The lowest BCUT2D eigenvalue weighted by Gasteiger charge is -2.44. The number of aliphatic hydroxyl groups excluding tert-OH is 1. The van der Waals surface area contributed by atoms with E-state index in [1.54, 1.807) is 14.0 Å². The van der Waals surface area contributed by atoms with Gasteiger partial charge in [-0.2, -0.15) is 0 Å². The Morgan fingerprint density at radius 1 is 1.52 bits per heavy atom. The molecule has 128 valence electrons. The minimum Gasteiger partial charge on any atom is -0.477 e. The number of amides is 1. The van der Waals surface area contributed by atoms with Gasteiger partial charge in [0.25, 0.3) is 0 Å². The summed E-state index contributed by atoms with van der Waals surface area (Å²) in [4.78, 5) is 25.2. The number of hydrogen-bond acceptors (Lipinski definition) is 5. The molecule has 0 aliphatic carbocycles. The number of β-lactam (4-membered cyclic amide) rings is 1. The molecule has 0 aromatic carbocycles. The van der Waals surface area contributed by atoms with Crippen molar-refractivity contribution >= 4 is 11.9 Å². The van der Waals surface area contributed by atoms with Crippen molar-refractivity contribution in [3.05, 3.63) is 11.3 Å². The van der Waals surface area contributed by atoms with Crippen molar-refractivity contribution in [3.63, 3.8) is 0 Å². The number of aliphatic carboxylic acids is 1. The van der Waals surface area contributed by atoms with E-state index in [4.69, 9.17) is 4.74 Å². The van der Waals surface area contributed by atoms with Crippen LogP contribution in [-0.4, -0.2) is 65.4 Å². The van der Waals surface area contributed by atoms with Crippen molar-refractivity contribution in [2.45, 2.75) is 44.4 Å². The SMILES string of the molecule is COC[C@@H]1C[C@@H](CC2=C(C(=O)O)N3C(=O)[C@H]([C@@H](C)O)[C@H]3C2)CN1. The van der Waals surface area contributed by atoms with Gasteiger partial charge in [-0.05, 0) is 44.2 Å². The summed E-state index contributed by atoms with van der Waals surface area (Å²) in [6.07, 6.45) is 1.45. The zero-order chi connectivity index (χ0) is 16.7. The average Bonchev–Trinajstić information content (AvgIpc) is 3.02. The van der Waals surface area contributed by atoms with Gasteiger partial charge in [0.05, 0.1) is 24.7 Å². The van der Waals surface area contributed by atoms with Crippen LogP contribution in [0.4, 0.5) is 0 Å². The Kier molecular flexibility index (Phi) is 4.44. The van der Waals surface area contributed by atoms with E-state index in [9.17, 15) is 19.8 Å². The molecule has 23 heavy (non-hydrogen) atoms. The normalized spacial score (nSPS) is 34.6. The third kappa shape index (κ3) is 2.77. The molecule has 2 fully saturated rings. The summed E-state index contributed by atoms with van der Waals surface area (Å²) in [5.41, 5.74) is 0.982. The van der Waals surface area contributed by atoms with Crippen LogP contribution in [0.1, 0.15) is 26.2 Å². The molecule has 5 atom stereocenters. The van der Waals surface area contributed by atoms with Crippen LogP contribution < -0.4 is 5.32 Å². The third-order valence-electron chi connectivity index (χ3n) is 5.24. The predicted molar refractivity (Wildman–Crippen MR) is 81.5 cm³/mol. The van der Waals surface area contributed by atoms with Crippen LogP contribution in [0.2, 0.25) is 0 Å². The lowest BCUT2D eigenvalue weighted by Crippen LogP contribution is -2.61. The number of methoxy groups -OCH3 is 1. The van der Waals surface area contributed by atoms with Crippen molar-refractivity contribution in [1.82, 2.24) is 10.2 Å². The standard InChI is InChI=1S/C16H24N2O5/c1-8(19)13-12-5-10(14(16(21)22)18(12)15(13)20)3-9-4-11(7-23-2)17-6-9/h8-9,11-13,17,19H,3-7H2,1-2H3,(H,21,22)/t8-,9-,11+,12-,13-/m1/s1. The number of ether oxygens (including phenoxy) is 1. The molecular weight excluding hydrogens is 300 g/mol. The number of carbonyl (C=O) groups is 2. The molecule has 0 aromatic rings. The van der Waals surface area contributed by atoms with Crippen LogP contribution in [0.5, 0.6) is 0 Å². The Labute approximate surface area is 135 Å². The number of nitrogens with zero attached hydrogens (tertiary/aromatic N) is 1. The van der Waals surface area contributed by atoms with E-state index >= 15 is 0 Å². The van der Waals surface area contributed by atoms with Gasteiger partial charge in [0.1, 0.15) is 5.70 Å². The number of rotatable bonds is 6.